The fourth-order valence-corrected chi connectivity index (χ4v) is 7.90. The number of carbonyl (C=O) groups is 1. The van der Waals surface area contributed by atoms with Gasteiger partial charge >= 0.3 is 0 Å². The Morgan fingerprint density at radius 1 is 0.518 bits per heavy atom. The summed E-state index contributed by atoms with van der Waals surface area (Å²) in [5.41, 5.74) is 19.1. The number of benzene rings is 6. The summed E-state index contributed by atoms with van der Waals surface area (Å²) in [6.45, 7) is 0.589. The van der Waals surface area contributed by atoms with Crippen LogP contribution in [0.2, 0.25) is 0 Å². The van der Waals surface area contributed by atoms with Crippen LogP contribution in [0.5, 0.6) is 11.5 Å². The average molecular weight is 773 g/mol. The molecule has 8 aromatic rings. The first-order chi connectivity index (χ1) is 27.5. The normalized spacial score (nSPS) is 10.9. The number of hydrogen-bond donors (Lipinski definition) is 4. The van der Waals surface area contributed by atoms with Crippen LogP contribution in [-0.2, 0) is 13.2 Å². The smallest absolute Gasteiger partial charge is 0.193 e. The predicted octanol–water partition coefficient (Wildman–Crippen LogP) is 11.0. The van der Waals surface area contributed by atoms with Gasteiger partial charge in [0.25, 0.3) is 0 Å². The van der Waals surface area contributed by atoms with E-state index in [1.165, 1.54) is 22.7 Å². The first-order valence-electron chi connectivity index (χ1n) is 17.8. The highest BCUT2D eigenvalue weighted by Gasteiger charge is 2.22. The van der Waals surface area contributed by atoms with Crippen LogP contribution in [0.4, 0.5) is 33.3 Å². The second kappa shape index (κ2) is 16.6. The minimum Gasteiger partial charge on any atom is -0.488 e. The van der Waals surface area contributed by atoms with Crippen LogP contribution >= 0.6 is 22.7 Å². The van der Waals surface area contributed by atoms with Crippen molar-refractivity contribution in [3.05, 3.63) is 180 Å². The maximum atomic E-state index is 14.3. The summed E-state index contributed by atoms with van der Waals surface area (Å²) < 4.78 is 12.9. The second-order valence-electron chi connectivity index (χ2n) is 12.7. The minimum atomic E-state index is -0.204. The Bertz CT molecular complexity index is 2400. The molecule has 56 heavy (non-hydrogen) atoms. The lowest BCUT2D eigenvalue weighted by atomic mass is 9.99. The largest absolute Gasteiger partial charge is 0.488 e. The highest BCUT2D eigenvalue weighted by Crippen LogP contribution is 2.43. The molecule has 0 bridgehead atoms. The van der Waals surface area contributed by atoms with Crippen LogP contribution in [-0.4, -0.2) is 15.8 Å². The van der Waals surface area contributed by atoms with Gasteiger partial charge in [-0.15, -0.1) is 0 Å². The van der Waals surface area contributed by atoms with E-state index in [0.717, 1.165) is 43.4 Å². The van der Waals surface area contributed by atoms with Crippen molar-refractivity contribution in [3.63, 3.8) is 0 Å². The number of aromatic nitrogens is 2. The molecular weight excluding hydrogens is 737 g/mol. The molecule has 8 rings (SSSR count). The molecule has 0 saturated heterocycles. The van der Waals surface area contributed by atoms with Gasteiger partial charge in [-0.2, -0.15) is 0 Å². The van der Waals surface area contributed by atoms with Crippen molar-refractivity contribution < 1.29 is 14.3 Å². The molecule has 0 fully saturated rings. The van der Waals surface area contributed by atoms with Crippen molar-refractivity contribution in [2.24, 2.45) is 0 Å². The van der Waals surface area contributed by atoms with Gasteiger partial charge < -0.3 is 31.6 Å². The number of rotatable bonds is 14. The number of hydrogen-bond acceptors (Lipinski definition) is 11. The number of nitrogens with zero attached hydrogens (tertiary/aromatic N) is 2. The molecule has 276 valence electrons. The van der Waals surface area contributed by atoms with Crippen LogP contribution in [0.25, 0.3) is 20.9 Å². The lowest BCUT2D eigenvalue weighted by molar-refractivity contribution is 0.103. The monoisotopic (exact) mass is 772 g/mol. The first-order valence-corrected chi connectivity index (χ1v) is 19.4. The van der Waals surface area contributed by atoms with Gasteiger partial charge in [0.05, 0.1) is 9.75 Å². The van der Waals surface area contributed by atoms with E-state index < -0.39 is 0 Å². The fourth-order valence-electron chi connectivity index (χ4n) is 6.03. The maximum Gasteiger partial charge on any atom is 0.193 e. The Morgan fingerprint density at radius 2 is 0.893 bits per heavy atom. The van der Waals surface area contributed by atoms with Crippen LogP contribution in [0.1, 0.15) is 27.0 Å². The molecule has 6 aromatic carbocycles. The molecular formula is C45H36N6O3S2. The Kier molecular flexibility index (Phi) is 10.7. The Labute approximate surface area is 332 Å². The number of carbonyl (C=O) groups excluding carboxylic acids is 1. The van der Waals surface area contributed by atoms with Gasteiger partial charge in [-0.1, -0.05) is 132 Å². The summed E-state index contributed by atoms with van der Waals surface area (Å²) in [6.07, 6.45) is 0. The summed E-state index contributed by atoms with van der Waals surface area (Å²) >= 11 is 2.83. The molecule has 0 saturated carbocycles. The van der Waals surface area contributed by atoms with E-state index in [4.69, 9.17) is 20.9 Å². The number of para-hydroxylation sites is 2. The van der Waals surface area contributed by atoms with Crippen molar-refractivity contribution >= 4 is 61.7 Å². The number of thiazole rings is 2. The summed E-state index contributed by atoms with van der Waals surface area (Å²) in [5, 5.41) is 7.94. The van der Waals surface area contributed by atoms with Gasteiger partial charge in [0.1, 0.15) is 36.3 Å². The molecule has 2 aromatic heterocycles. The molecule has 11 heteroatoms. The van der Waals surface area contributed by atoms with Crippen molar-refractivity contribution in [2.75, 3.05) is 22.1 Å². The van der Waals surface area contributed by atoms with E-state index in [1.54, 1.807) is 24.3 Å². The minimum absolute atomic E-state index is 0.204. The standard InChI is InChI=1S/C45H36N6O3S2/c46-42-40(55-44(50-42)48-33-17-9-3-10-18-33)35-23-21-31(25-37(35)53-27-29-13-5-1-6-14-29)39(52)32-22-24-36(38(26-32)54-28-30-15-7-2-8-16-30)41-43(47)51-45(56-41)49-34-19-11-4-12-20-34/h1-26H,27-28,46-47H2,(H,48,50)(H,49,51). The van der Waals surface area contributed by atoms with Gasteiger partial charge in [0.2, 0.25) is 0 Å². The number of nitrogen functional groups attached to an aromatic ring is 2. The highest BCUT2D eigenvalue weighted by atomic mass is 32.1. The quantitative estimate of drug-likeness (QED) is 0.0796. The SMILES string of the molecule is Nc1nc(Nc2ccccc2)sc1-c1ccc(C(=O)c2ccc(-c3sc(Nc4ccccc4)nc3N)c(OCc3ccccc3)c2)cc1OCc1ccccc1. The molecule has 0 amide bonds. The summed E-state index contributed by atoms with van der Waals surface area (Å²) in [6, 6.07) is 50.1. The molecule has 0 unspecified atom stereocenters. The Hall–Kier alpha value is -6.95. The third-order valence-electron chi connectivity index (χ3n) is 8.81. The van der Waals surface area contributed by atoms with Crippen molar-refractivity contribution in [3.8, 4) is 32.4 Å². The average Bonchev–Trinajstić information content (AvgIpc) is 3.80. The van der Waals surface area contributed by atoms with E-state index in [2.05, 4.69) is 20.6 Å². The topological polar surface area (TPSA) is 137 Å². The van der Waals surface area contributed by atoms with E-state index in [-0.39, 0.29) is 5.78 Å². The van der Waals surface area contributed by atoms with Crippen molar-refractivity contribution in [2.45, 2.75) is 13.2 Å². The van der Waals surface area contributed by atoms with Gasteiger partial charge in [-0.05, 0) is 59.7 Å². The maximum absolute atomic E-state index is 14.3. The van der Waals surface area contributed by atoms with Gasteiger partial charge in [0, 0.05) is 33.6 Å². The Balaban J connectivity index is 1.13. The molecule has 2 heterocycles. The van der Waals surface area contributed by atoms with E-state index in [1.807, 2.05) is 133 Å². The molecule has 9 nitrogen and oxygen atoms in total. The van der Waals surface area contributed by atoms with E-state index in [0.29, 0.717) is 57.7 Å². The number of nitrogens with one attached hydrogen (secondary N) is 2. The molecule has 0 radical (unpaired) electrons. The van der Waals surface area contributed by atoms with Gasteiger partial charge in [0.15, 0.2) is 16.0 Å². The molecule has 0 aliphatic carbocycles. The lowest BCUT2D eigenvalue weighted by Crippen LogP contribution is -2.05. The van der Waals surface area contributed by atoms with E-state index >= 15 is 0 Å². The van der Waals surface area contributed by atoms with Crippen LogP contribution < -0.4 is 31.6 Å². The molecule has 0 spiro atoms. The summed E-state index contributed by atoms with van der Waals surface area (Å²) in [7, 11) is 0. The number of ether oxygens (including phenoxy) is 2. The zero-order valence-electron chi connectivity index (χ0n) is 30.0. The van der Waals surface area contributed by atoms with Crippen molar-refractivity contribution in [1.29, 1.82) is 0 Å². The third kappa shape index (κ3) is 8.39. The molecule has 0 atom stereocenters. The lowest BCUT2D eigenvalue weighted by Gasteiger charge is -2.15. The van der Waals surface area contributed by atoms with E-state index in [9.17, 15) is 4.79 Å². The summed E-state index contributed by atoms with van der Waals surface area (Å²) in [5.74, 6) is 1.53. The van der Waals surface area contributed by atoms with Crippen LogP contribution in [0.15, 0.2) is 158 Å². The Morgan fingerprint density at radius 3 is 1.29 bits per heavy atom. The van der Waals surface area contributed by atoms with Crippen molar-refractivity contribution in [1.82, 2.24) is 9.97 Å². The molecule has 6 N–H and O–H groups in total. The van der Waals surface area contributed by atoms with Gasteiger partial charge in [-0.3, -0.25) is 4.79 Å². The van der Waals surface area contributed by atoms with Gasteiger partial charge in [-0.25, -0.2) is 9.97 Å². The number of anilines is 6. The van der Waals surface area contributed by atoms with Crippen LogP contribution in [0.3, 0.4) is 0 Å². The summed E-state index contributed by atoms with van der Waals surface area (Å²) in [4.78, 5) is 25.0. The van der Waals surface area contributed by atoms with Crippen LogP contribution in [0, 0.1) is 0 Å². The second-order valence-corrected chi connectivity index (χ2v) is 14.7. The fraction of sp³-hybridized carbons (Fsp3) is 0.0444. The zero-order chi connectivity index (χ0) is 38.3. The third-order valence-corrected chi connectivity index (χ3v) is 10.8. The highest BCUT2D eigenvalue weighted by molar-refractivity contribution is 7.20. The number of ketones is 1. The predicted molar refractivity (Wildman–Crippen MR) is 228 cm³/mol. The molecule has 0 aliphatic heterocycles. The molecule has 0 aliphatic rings. The zero-order valence-corrected chi connectivity index (χ0v) is 31.6. The first kappa shape index (κ1) is 36.0. The number of nitrogens with two attached hydrogens (primary N) is 2.